The molecule has 0 radical (unpaired) electrons. The maximum atomic E-state index is 6.04. The predicted molar refractivity (Wildman–Crippen MR) is 72.9 cm³/mol. The van der Waals surface area contributed by atoms with Crippen molar-refractivity contribution in [2.75, 3.05) is 13.7 Å². The number of nitrogens with one attached hydrogen (secondary N) is 1. The SMILES string of the molecule is CCNC1CCC(Oc2cccc(COC)c2)C1. The van der Waals surface area contributed by atoms with Gasteiger partial charge in [-0.3, -0.25) is 0 Å². The second-order valence-electron chi connectivity index (χ2n) is 4.89. The van der Waals surface area contributed by atoms with Gasteiger partial charge in [-0.25, -0.2) is 0 Å². The Morgan fingerprint density at radius 1 is 1.33 bits per heavy atom. The van der Waals surface area contributed by atoms with Crippen LogP contribution in [0.4, 0.5) is 0 Å². The van der Waals surface area contributed by atoms with Crippen molar-refractivity contribution in [1.82, 2.24) is 5.32 Å². The van der Waals surface area contributed by atoms with Crippen LogP contribution in [0.3, 0.4) is 0 Å². The van der Waals surface area contributed by atoms with E-state index in [2.05, 4.69) is 24.4 Å². The van der Waals surface area contributed by atoms with Crippen LogP contribution in [0.25, 0.3) is 0 Å². The first-order chi connectivity index (χ1) is 8.81. The molecule has 1 aromatic rings. The van der Waals surface area contributed by atoms with E-state index in [4.69, 9.17) is 9.47 Å². The van der Waals surface area contributed by atoms with E-state index in [-0.39, 0.29) is 0 Å². The highest BCUT2D eigenvalue weighted by Crippen LogP contribution is 2.25. The van der Waals surface area contributed by atoms with Gasteiger partial charge in [0.15, 0.2) is 0 Å². The van der Waals surface area contributed by atoms with Gasteiger partial charge in [0, 0.05) is 13.2 Å². The molecule has 0 heterocycles. The summed E-state index contributed by atoms with van der Waals surface area (Å²) in [7, 11) is 1.71. The van der Waals surface area contributed by atoms with Crippen LogP contribution >= 0.6 is 0 Å². The van der Waals surface area contributed by atoms with E-state index in [1.807, 2.05) is 12.1 Å². The molecule has 100 valence electrons. The van der Waals surface area contributed by atoms with Gasteiger partial charge in [-0.2, -0.15) is 0 Å². The van der Waals surface area contributed by atoms with Crippen molar-refractivity contribution in [1.29, 1.82) is 0 Å². The molecule has 1 saturated carbocycles. The normalized spacial score (nSPS) is 23.2. The minimum absolute atomic E-state index is 0.354. The Bertz CT molecular complexity index is 367. The molecule has 2 atom stereocenters. The summed E-state index contributed by atoms with van der Waals surface area (Å²) in [5.74, 6) is 0.965. The summed E-state index contributed by atoms with van der Waals surface area (Å²) in [6.07, 6.45) is 3.83. The van der Waals surface area contributed by atoms with Gasteiger partial charge in [-0.1, -0.05) is 19.1 Å². The Balaban J connectivity index is 1.88. The van der Waals surface area contributed by atoms with Crippen molar-refractivity contribution >= 4 is 0 Å². The molecule has 0 aliphatic heterocycles. The fraction of sp³-hybridized carbons (Fsp3) is 0.600. The Morgan fingerprint density at radius 2 is 2.22 bits per heavy atom. The molecule has 0 spiro atoms. The predicted octanol–water partition coefficient (Wildman–Crippen LogP) is 2.74. The number of ether oxygens (including phenoxy) is 2. The second kappa shape index (κ2) is 6.76. The molecule has 0 bridgehead atoms. The van der Waals surface area contributed by atoms with E-state index < -0.39 is 0 Å². The van der Waals surface area contributed by atoms with E-state index in [1.54, 1.807) is 7.11 Å². The van der Waals surface area contributed by atoms with Crippen molar-refractivity contribution in [3.63, 3.8) is 0 Å². The van der Waals surface area contributed by atoms with Gasteiger partial charge in [0.2, 0.25) is 0 Å². The Labute approximate surface area is 109 Å². The highest BCUT2D eigenvalue weighted by Gasteiger charge is 2.25. The molecule has 3 nitrogen and oxygen atoms in total. The van der Waals surface area contributed by atoms with Crippen LogP contribution in [0, 0.1) is 0 Å². The third-order valence-corrected chi connectivity index (χ3v) is 3.39. The van der Waals surface area contributed by atoms with E-state index >= 15 is 0 Å². The van der Waals surface area contributed by atoms with Crippen LogP contribution in [0.5, 0.6) is 5.75 Å². The zero-order chi connectivity index (χ0) is 12.8. The first-order valence-electron chi connectivity index (χ1n) is 6.79. The maximum Gasteiger partial charge on any atom is 0.120 e. The van der Waals surface area contributed by atoms with Crippen LogP contribution in [0.1, 0.15) is 31.7 Å². The van der Waals surface area contributed by atoms with E-state index in [9.17, 15) is 0 Å². The van der Waals surface area contributed by atoms with Crippen LogP contribution in [-0.2, 0) is 11.3 Å². The monoisotopic (exact) mass is 249 g/mol. The van der Waals surface area contributed by atoms with Crippen molar-refractivity contribution in [2.45, 2.75) is 44.9 Å². The van der Waals surface area contributed by atoms with Gasteiger partial charge < -0.3 is 14.8 Å². The number of benzene rings is 1. The van der Waals surface area contributed by atoms with E-state index in [0.717, 1.165) is 30.7 Å². The van der Waals surface area contributed by atoms with Crippen LogP contribution in [0.15, 0.2) is 24.3 Å². The first kappa shape index (κ1) is 13.4. The molecule has 3 heteroatoms. The third kappa shape index (κ3) is 3.72. The summed E-state index contributed by atoms with van der Waals surface area (Å²) in [5, 5.41) is 3.49. The molecular formula is C15H23NO2. The van der Waals surface area contributed by atoms with Gasteiger partial charge in [0.25, 0.3) is 0 Å². The summed E-state index contributed by atoms with van der Waals surface area (Å²) >= 11 is 0. The average molecular weight is 249 g/mol. The summed E-state index contributed by atoms with van der Waals surface area (Å²) in [6.45, 7) is 3.84. The van der Waals surface area contributed by atoms with Gasteiger partial charge in [0.05, 0.1) is 6.61 Å². The molecular weight excluding hydrogens is 226 g/mol. The lowest BCUT2D eigenvalue weighted by atomic mass is 10.2. The van der Waals surface area contributed by atoms with Crippen molar-refractivity contribution in [3.05, 3.63) is 29.8 Å². The van der Waals surface area contributed by atoms with Crippen LogP contribution < -0.4 is 10.1 Å². The molecule has 0 saturated heterocycles. The number of methoxy groups -OCH3 is 1. The molecule has 1 aromatic carbocycles. The van der Waals surface area contributed by atoms with Gasteiger partial charge in [-0.05, 0) is 43.5 Å². The zero-order valence-corrected chi connectivity index (χ0v) is 11.3. The first-order valence-corrected chi connectivity index (χ1v) is 6.79. The molecule has 1 N–H and O–H groups in total. The Kier molecular flexibility index (Phi) is 5.02. The lowest BCUT2D eigenvalue weighted by Gasteiger charge is -2.15. The quantitative estimate of drug-likeness (QED) is 0.841. The van der Waals surface area contributed by atoms with Crippen molar-refractivity contribution < 1.29 is 9.47 Å². The number of hydrogen-bond acceptors (Lipinski definition) is 3. The maximum absolute atomic E-state index is 6.04. The molecule has 1 fully saturated rings. The fourth-order valence-corrected chi connectivity index (χ4v) is 2.59. The smallest absolute Gasteiger partial charge is 0.120 e. The van der Waals surface area contributed by atoms with Crippen LogP contribution in [-0.4, -0.2) is 25.8 Å². The Hall–Kier alpha value is -1.06. The van der Waals surface area contributed by atoms with Gasteiger partial charge in [-0.15, -0.1) is 0 Å². The van der Waals surface area contributed by atoms with Gasteiger partial charge in [0.1, 0.15) is 11.9 Å². The second-order valence-corrected chi connectivity index (χ2v) is 4.89. The number of rotatable bonds is 6. The summed E-state index contributed by atoms with van der Waals surface area (Å²) < 4.78 is 11.2. The summed E-state index contributed by atoms with van der Waals surface area (Å²) in [6, 6.07) is 8.82. The minimum Gasteiger partial charge on any atom is -0.490 e. The molecule has 2 unspecified atom stereocenters. The van der Waals surface area contributed by atoms with Gasteiger partial charge >= 0.3 is 0 Å². The van der Waals surface area contributed by atoms with E-state index in [1.165, 1.54) is 6.42 Å². The number of hydrogen-bond donors (Lipinski definition) is 1. The lowest BCUT2D eigenvalue weighted by molar-refractivity contribution is 0.182. The summed E-state index contributed by atoms with van der Waals surface area (Å²) in [5.41, 5.74) is 1.16. The molecule has 0 aromatic heterocycles. The van der Waals surface area contributed by atoms with Crippen molar-refractivity contribution in [2.24, 2.45) is 0 Å². The average Bonchev–Trinajstić information content (AvgIpc) is 2.78. The molecule has 18 heavy (non-hydrogen) atoms. The third-order valence-electron chi connectivity index (χ3n) is 3.39. The topological polar surface area (TPSA) is 30.5 Å². The fourth-order valence-electron chi connectivity index (χ4n) is 2.59. The van der Waals surface area contributed by atoms with Crippen LogP contribution in [0.2, 0.25) is 0 Å². The highest BCUT2D eigenvalue weighted by atomic mass is 16.5. The minimum atomic E-state index is 0.354. The van der Waals surface area contributed by atoms with E-state index in [0.29, 0.717) is 18.8 Å². The highest BCUT2D eigenvalue weighted by molar-refractivity contribution is 5.28. The standard InChI is InChI=1S/C15H23NO2/c1-3-16-13-7-8-15(10-13)18-14-6-4-5-12(9-14)11-17-2/h4-6,9,13,15-16H,3,7-8,10-11H2,1-2H3. The molecule has 1 aliphatic carbocycles. The van der Waals surface area contributed by atoms with Crippen molar-refractivity contribution in [3.8, 4) is 5.75 Å². The zero-order valence-electron chi connectivity index (χ0n) is 11.3. The largest absolute Gasteiger partial charge is 0.490 e. The lowest BCUT2D eigenvalue weighted by Crippen LogP contribution is -2.27. The molecule has 0 amide bonds. The molecule has 1 aliphatic rings. The molecule has 2 rings (SSSR count). The summed E-state index contributed by atoms with van der Waals surface area (Å²) in [4.78, 5) is 0. The Morgan fingerprint density at radius 3 is 3.00 bits per heavy atom.